The Kier molecular flexibility index (Phi) is 11.7. The van der Waals surface area contributed by atoms with Crippen LogP contribution in [0.25, 0.3) is 0 Å². The van der Waals surface area contributed by atoms with E-state index in [-0.39, 0.29) is 0 Å². The minimum absolute atomic E-state index is 0.547. The van der Waals surface area contributed by atoms with Gasteiger partial charge in [0.05, 0.1) is 0 Å². The van der Waals surface area contributed by atoms with Gasteiger partial charge in [-0.1, -0.05) is 81.1 Å². The zero-order chi connectivity index (χ0) is 13.2. The van der Waals surface area contributed by atoms with Crippen molar-refractivity contribution in [2.24, 2.45) is 17.3 Å². The van der Waals surface area contributed by atoms with Crippen LogP contribution in [0.2, 0.25) is 0 Å². The van der Waals surface area contributed by atoms with Crippen LogP contribution in [-0.2, 0) is 0 Å². The first-order valence-corrected chi connectivity index (χ1v) is 7.47. The molecule has 0 saturated heterocycles. The number of hydrogen-bond acceptors (Lipinski definition) is 0. The van der Waals surface area contributed by atoms with Gasteiger partial charge in [0.1, 0.15) is 0 Å². The van der Waals surface area contributed by atoms with Crippen LogP contribution >= 0.6 is 0 Å². The van der Waals surface area contributed by atoms with Gasteiger partial charge < -0.3 is 0 Å². The molecule has 0 spiro atoms. The molecular formula is C16H36. The molecular weight excluding hydrogens is 192 g/mol. The predicted molar refractivity (Wildman–Crippen MR) is 77.9 cm³/mol. The fourth-order valence-corrected chi connectivity index (χ4v) is 2.40. The summed E-state index contributed by atoms with van der Waals surface area (Å²) in [6, 6.07) is 0. The van der Waals surface area contributed by atoms with Crippen LogP contribution in [0.3, 0.4) is 0 Å². The largest absolute Gasteiger partial charge is 0.0683 e. The van der Waals surface area contributed by atoms with Crippen LogP contribution in [0.5, 0.6) is 0 Å². The Hall–Kier alpha value is 0. The van der Waals surface area contributed by atoms with Crippen molar-refractivity contribution in [3.05, 3.63) is 0 Å². The lowest BCUT2D eigenvalue weighted by Crippen LogP contribution is -2.18. The van der Waals surface area contributed by atoms with Crippen molar-refractivity contribution in [3.63, 3.8) is 0 Å². The maximum atomic E-state index is 2.40. The third-order valence-corrected chi connectivity index (χ3v) is 3.04. The molecule has 0 atom stereocenters. The van der Waals surface area contributed by atoms with E-state index in [1.807, 2.05) is 27.7 Å². The molecule has 0 nitrogen and oxygen atoms in total. The molecule has 0 N–H and O–H groups in total. The Labute approximate surface area is 105 Å². The normalized spacial score (nSPS) is 24.8. The van der Waals surface area contributed by atoms with E-state index in [1.54, 1.807) is 0 Å². The zero-order valence-corrected chi connectivity index (χ0v) is 13.2. The van der Waals surface area contributed by atoms with Gasteiger partial charge in [0.15, 0.2) is 0 Å². The van der Waals surface area contributed by atoms with Gasteiger partial charge in [-0.25, -0.2) is 0 Å². The molecule has 0 aromatic carbocycles. The minimum atomic E-state index is 0.547. The molecule has 1 fully saturated rings. The molecule has 1 aliphatic rings. The summed E-state index contributed by atoms with van der Waals surface area (Å²) in [5.74, 6) is 2.03. The average molecular weight is 228 g/mol. The summed E-state index contributed by atoms with van der Waals surface area (Å²) in [4.78, 5) is 0. The van der Waals surface area contributed by atoms with E-state index in [4.69, 9.17) is 0 Å². The maximum absolute atomic E-state index is 2.40. The van der Waals surface area contributed by atoms with Gasteiger partial charge in [-0.05, 0) is 23.7 Å². The van der Waals surface area contributed by atoms with Gasteiger partial charge in [-0.3, -0.25) is 0 Å². The van der Waals surface area contributed by atoms with E-state index in [1.165, 1.54) is 32.1 Å². The van der Waals surface area contributed by atoms with Gasteiger partial charge in [-0.2, -0.15) is 0 Å². The molecule has 1 saturated carbocycles. The predicted octanol–water partition coefficient (Wildman–Crippen LogP) is 6.30. The Morgan fingerprint density at radius 2 is 1.19 bits per heavy atom. The highest BCUT2D eigenvalue weighted by molar-refractivity contribution is 4.74. The highest BCUT2D eigenvalue weighted by Crippen LogP contribution is 2.35. The molecule has 1 aliphatic carbocycles. The molecule has 0 radical (unpaired) electrons. The maximum Gasteiger partial charge on any atom is -0.0380 e. The summed E-state index contributed by atoms with van der Waals surface area (Å²) in [5, 5.41) is 0. The summed E-state index contributed by atoms with van der Waals surface area (Å²) in [6.07, 6.45) is 7.35. The Balaban J connectivity index is 0. The molecule has 1 rings (SSSR count). The molecule has 0 bridgehead atoms. The first kappa shape index (κ1) is 18.4. The molecule has 0 aromatic heterocycles. The Morgan fingerprint density at radius 3 is 1.50 bits per heavy atom. The van der Waals surface area contributed by atoms with Crippen LogP contribution in [0, 0.1) is 17.3 Å². The molecule has 0 amide bonds. The molecule has 0 aromatic rings. The summed E-state index contributed by atoms with van der Waals surface area (Å²) in [6.45, 7) is 17.5. The van der Waals surface area contributed by atoms with Crippen molar-refractivity contribution in [2.75, 3.05) is 0 Å². The fraction of sp³-hybridized carbons (Fsp3) is 1.00. The molecule has 16 heavy (non-hydrogen) atoms. The highest BCUT2D eigenvalue weighted by atomic mass is 14.3. The van der Waals surface area contributed by atoms with Crippen LogP contribution in [-0.4, -0.2) is 0 Å². The topological polar surface area (TPSA) is 0 Å². The minimum Gasteiger partial charge on any atom is -0.0683 e. The molecule has 0 aliphatic heterocycles. The summed E-state index contributed by atoms with van der Waals surface area (Å²) in [7, 11) is 0. The standard InChI is InChI=1S/C12H24.2C2H6/c1-10-5-7-11(8-6-10)9-12(2,3)4;2*1-2/h10-11H,5-9H2,1-4H3;2*1-2H3. The van der Waals surface area contributed by atoms with E-state index in [9.17, 15) is 0 Å². The molecule has 0 heteroatoms. The second-order valence-corrected chi connectivity index (χ2v) is 5.89. The Morgan fingerprint density at radius 1 is 0.812 bits per heavy atom. The smallest absolute Gasteiger partial charge is 0.0380 e. The van der Waals surface area contributed by atoms with Crippen molar-refractivity contribution in [1.29, 1.82) is 0 Å². The van der Waals surface area contributed by atoms with Crippen molar-refractivity contribution in [1.82, 2.24) is 0 Å². The lowest BCUT2D eigenvalue weighted by atomic mass is 9.75. The van der Waals surface area contributed by atoms with Crippen LogP contribution in [0.4, 0.5) is 0 Å². The molecule has 0 heterocycles. The fourth-order valence-electron chi connectivity index (χ4n) is 2.40. The van der Waals surface area contributed by atoms with E-state index in [2.05, 4.69) is 27.7 Å². The van der Waals surface area contributed by atoms with Crippen LogP contribution in [0.15, 0.2) is 0 Å². The van der Waals surface area contributed by atoms with E-state index in [0.29, 0.717) is 5.41 Å². The summed E-state index contributed by atoms with van der Waals surface area (Å²) >= 11 is 0. The average Bonchev–Trinajstić information content (AvgIpc) is 2.25. The van der Waals surface area contributed by atoms with Gasteiger partial charge in [0.25, 0.3) is 0 Å². The Bertz CT molecular complexity index is 121. The van der Waals surface area contributed by atoms with Crippen LogP contribution < -0.4 is 0 Å². The van der Waals surface area contributed by atoms with E-state index >= 15 is 0 Å². The summed E-state index contributed by atoms with van der Waals surface area (Å²) in [5.41, 5.74) is 0.547. The van der Waals surface area contributed by atoms with Gasteiger partial charge in [0, 0.05) is 0 Å². The lowest BCUT2D eigenvalue weighted by Gasteiger charge is -2.31. The van der Waals surface area contributed by atoms with Crippen molar-refractivity contribution in [2.45, 2.75) is 87.5 Å². The first-order chi connectivity index (χ1) is 7.47. The van der Waals surface area contributed by atoms with Crippen molar-refractivity contribution >= 4 is 0 Å². The van der Waals surface area contributed by atoms with E-state index in [0.717, 1.165) is 11.8 Å². The second kappa shape index (κ2) is 10.2. The van der Waals surface area contributed by atoms with Crippen LogP contribution in [0.1, 0.15) is 87.5 Å². The third-order valence-electron chi connectivity index (χ3n) is 3.04. The monoisotopic (exact) mass is 228 g/mol. The van der Waals surface area contributed by atoms with E-state index < -0.39 is 0 Å². The number of rotatable bonds is 1. The van der Waals surface area contributed by atoms with Gasteiger partial charge >= 0.3 is 0 Å². The second-order valence-electron chi connectivity index (χ2n) is 5.89. The SMILES string of the molecule is CC.CC.CC1CCC(CC(C)(C)C)CC1. The lowest BCUT2D eigenvalue weighted by molar-refractivity contribution is 0.212. The molecule has 0 unspecified atom stereocenters. The first-order valence-electron chi connectivity index (χ1n) is 7.47. The van der Waals surface area contributed by atoms with Crippen molar-refractivity contribution < 1.29 is 0 Å². The van der Waals surface area contributed by atoms with Crippen molar-refractivity contribution in [3.8, 4) is 0 Å². The highest BCUT2D eigenvalue weighted by Gasteiger charge is 2.22. The third kappa shape index (κ3) is 10.5. The quantitative estimate of drug-likeness (QED) is 0.494. The number of hydrogen-bond donors (Lipinski definition) is 0. The molecule has 100 valence electrons. The van der Waals surface area contributed by atoms with Gasteiger partial charge in [-0.15, -0.1) is 0 Å². The summed E-state index contributed by atoms with van der Waals surface area (Å²) < 4.78 is 0. The van der Waals surface area contributed by atoms with Gasteiger partial charge in [0.2, 0.25) is 0 Å². The zero-order valence-electron chi connectivity index (χ0n) is 13.2.